The molecule has 5 nitrogen and oxygen atoms in total. The van der Waals surface area contributed by atoms with Crippen LogP contribution in [-0.4, -0.2) is 36.0 Å². The normalized spacial score (nSPS) is 27.9. The van der Waals surface area contributed by atoms with Crippen molar-refractivity contribution < 1.29 is 19.5 Å². The third-order valence-electron chi connectivity index (χ3n) is 8.31. The second-order valence-corrected chi connectivity index (χ2v) is 10.4. The van der Waals surface area contributed by atoms with Crippen LogP contribution in [0.25, 0.3) is 10.9 Å². The molecule has 0 amide bonds. The van der Waals surface area contributed by atoms with Gasteiger partial charge in [0, 0.05) is 18.1 Å². The van der Waals surface area contributed by atoms with Crippen molar-refractivity contribution in [3.63, 3.8) is 0 Å². The molecule has 1 aromatic carbocycles. The zero-order valence-corrected chi connectivity index (χ0v) is 19.5. The molecule has 0 saturated heterocycles. The van der Waals surface area contributed by atoms with Crippen molar-refractivity contribution in [2.24, 2.45) is 18.4 Å². The molecule has 2 aliphatic rings. The highest BCUT2D eigenvalue weighted by molar-refractivity contribution is 6.63. The first-order chi connectivity index (χ1) is 14.1. The van der Waals surface area contributed by atoms with E-state index in [4.69, 9.17) is 9.47 Å². The molecule has 1 heterocycles. The quantitative estimate of drug-likeness (QED) is 0.751. The highest BCUT2D eigenvalue weighted by Gasteiger charge is 2.51. The van der Waals surface area contributed by atoms with Gasteiger partial charge in [-0.3, -0.25) is 0 Å². The van der Waals surface area contributed by atoms with Crippen LogP contribution < -0.4 is 14.9 Å². The number of methoxy groups -OCH3 is 2. The van der Waals surface area contributed by atoms with Crippen molar-refractivity contribution in [1.82, 2.24) is 4.57 Å². The Morgan fingerprint density at radius 3 is 2.40 bits per heavy atom. The number of hydrogen-bond donors (Lipinski definition) is 2. The average Bonchev–Trinajstić information content (AvgIpc) is 2.90. The molecule has 164 valence electrons. The van der Waals surface area contributed by atoms with Crippen molar-refractivity contribution in [2.45, 2.75) is 71.1 Å². The van der Waals surface area contributed by atoms with Crippen LogP contribution in [0.1, 0.15) is 77.0 Å². The van der Waals surface area contributed by atoms with E-state index in [0.29, 0.717) is 28.8 Å². The molecule has 4 rings (SSSR count). The summed E-state index contributed by atoms with van der Waals surface area (Å²) in [6, 6.07) is 2.06. The topological polar surface area (TPSA) is 63.9 Å². The Labute approximate surface area is 180 Å². The van der Waals surface area contributed by atoms with Crippen LogP contribution in [0.3, 0.4) is 0 Å². The van der Waals surface area contributed by atoms with E-state index in [1.807, 2.05) is 0 Å². The number of fused-ring (bicyclic) bond motifs is 5. The van der Waals surface area contributed by atoms with Gasteiger partial charge in [-0.25, -0.2) is 0 Å². The second kappa shape index (κ2) is 7.20. The summed E-state index contributed by atoms with van der Waals surface area (Å²) in [5, 5.41) is 21.8. The maximum atomic E-state index is 10.3. The van der Waals surface area contributed by atoms with Gasteiger partial charge in [0.05, 0.1) is 25.2 Å². The predicted octanol–water partition coefficient (Wildman–Crippen LogP) is 3.86. The van der Waals surface area contributed by atoms with Crippen molar-refractivity contribution >= 4 is 23.5 Å². The molecule has 2 N–H and O–H groups in total. The summed E-state index contributed by atoms with van der Waals surface area (Å²) < 4.78 is 13.4. The Kier molecular flexibility index (Phi) is 5.18. The van der Waals surface area contributed by atoms with E-state index < -0.39 is 7.12 Å². The third kappa shape index (κ3) is 2.83. The van der Waals surface area contributed by atoms with Crippen LogP contribution in [0, 0.1) is 11.3 Å². The Morgan fingerprint density at radius 1 is 1.10 bits per heavy atom. The third-order valence-corrected chi connectivity index (χ3v) is 8.31. The minimum atomic E-state index is -1.64. The molecule has 1 unspecified atom stereocenters. The highest BCUT2D eigenvalue weighted by Crippen LogP contribution is 2.59. The fourth-order valence-electron chi connectivity index (χ4n) is 7.09. The summed E-state index contributed by atoms with van der Waals surface area (Å²) in [5.74, 6) is 1.93. The molecule has 0 bridgehead atoms. The summed E-state index contributed by atoms with van der Waals surface area (Å²) >= 11 is 0. The monoisotopic (exact) mass is 413 g/mol. The minimum Gasteiger partial charge on any atom is -0.493 e. The molecule has 6 heteroatoms. The van der Waals surface area contributed by atoms with Crippen LogP contribution in [-0.2, 0) is 12.5 Å². The fourth-order valence-corrected chi connectivity index (χ4v) is 7.09. The van der Waals surface area contributed by atoms with Crippen molar-refractivity contribution in [3.8, 4) is 11.5 Å². The van der Waals surface area contributed by atoms with Crippen LogP contribution >= 0.6 is 0 Å². The zero-order valence-electron chi connectivity index (χ0n) is 19.5. The van der Waals surface area contributed by atoms with Gasteiger partial charge in [0.15, 0.2) is 11.5 Å². The first-order valence-corrected chi connectivity index (χ1v) is 11.2. The maximum absolute atomic E-state index is 10.3. The SMILES string of the molecule is COc1cc2c3c(n(C)c2c(B(O)O)c1OC)C(C)CC[C@@H]1C(C)(C)CCC[C@@]31C. The Morgan fingerprint density at radius 2 is 1.80 bits per heavy atom. The van der Waals surface area contributed by atoms with Crippen LogP contribution in [0.5, 0.6) is 11.5 Å². The van der Waals surface area contributed by atoms with Crippen molar-refractivity contribution in [2.75, 3.05) is 14.2 Å². The van der Waals surface area contributed by atoms with Gasteiger partial charge in [0.1, 0.15) is 0 Å². The second-order valence-electron chi connectivity index (χ2n) is 10.4. The molecule has 1 saturated carbocycles. The maximum Gasteiger partial charge on any atom is 0.494 e. The molecule has 1 fully saturated rings. The summed E-state index contributed by atoms with van der Waals surface area (Å²) in [6.07, 6.45) is 6.01. The van der Waals surface area contributed by atoms with Gasteiger partial charge >= 0.3 is 7.12 Å². The number of rotatable bonds is 3. The van der Waals surface area contributed by atoms with Crippen molar-refractivity contribution in [3.05, 3.63) is 17.3 Å². The molecule has 2 aromatic rings. The number of hydrogen-bond acceptors (Lipinski definition) is 4. The van der Waals surface area contributed by atoms with Crippen LogP contribution in [0.15, 0.2) is 6.07 Å². The summed E-state index contributed by atoms with van der Waals surface area (Å²) in [5.41, 5.74) is 4.27. The molecule has 3 atom stereocenters. The van der Waals surface area contributed by atoms with E-state index in [1.165, 1.54) is 30.5 Å². The van der Waals surface area contributed by atoms with E-state index in [-0.39, 0.29) is 10.8 Å². The van der Waals surface area contributed by atoms with E-state index in [2.05, 4.69) is 45.4 Å². The van der Waals surface area contributed by atoms with Gasteiger partial charge in [0.2, 0.25) is 0 Å². The minimum absolute atomic E-state index is 0.0403. The smallest absolute Gasteiger partial charge is 0.493 e. The van der Waals surface area contributed by atoms with Gasteiger partial charge in [0.25, 0.3) is 0 Å². The molecule has 30 heavy (non-hydrogen) atoms. The molecular formula is C24H36BNO4. The Hall–Kier alpha value is -1.66. The lowest BCUT2D eigenvalue weighted by atomic mass is 9.53. The van der Waals surface area contributed by atoms with E-state index in [0.717, 1.165) is 23.7 Å². The number of benzene rings is 1. The van der Waals surface area contributed by atoms with Gasteiger partial charge in [-0.2, -0.15) is 0 Å². The van der Waals surface area contributed by atoms with Gasteiger partial charge < -0.3 is 24.1 Å². The first-order valence-electron chi connectivity index (χ1n) is 11.2. The lowest BCUT2D eigenvalue weighted by Crippen LogP contribution is -2.44. The number of nitrogens with zero attached hydrogens (tertiary/aromatic N) is 1. The zero-order chi connectivity index (χ0) is 22.0. The standard InChI is InChI=1S/C24H36BNO4/c1-14-9-10-17-23(2,3)11-8-12-24(17,4)18-15-13-16(29-6)22(30-7)19(25(27)28)21(15)26(5)20(14)18/h13-14,17,27-28H,8-12H2,1-7H3/t14?,17-,24-/m1/s1. The van der Waals surface area contributed by atoms with Gasteiger partial charge in [-0.15, -0.1) is 0 Å². The molecule has 0 spiro atoms. The van der Waals surface area contributed by atoms with E-state index >= 15 is 0 Å². The summed E-state index contributed by atoms with van der Waals surface area (Å²) in [4.78, 5) is 0. The number of aromatic nitrogens is 1. The van der Waals surface area contributed by atoms with Gasteiger partial charge in [-0.1, -0.05) is 34.1 Å². The summed E-state index contributed by atoms with van der Waals surface area (Å²) in [7, 11) is 3.58. The largest absolute Gasteiger partial charge is 0.494 e. The number of aryl methyl sites for hydroxylation is 1. The highest BCUT2D eigenvalue weighted by atomic mass is 16.5. The van der Waals surface area contributed by atoms with Crippen LogP contribution in [0.2, 0.25) is 0 Å². The van der Waals surface area contributed by atoms with Crippen molar-refractivity contribution in [1.29, 1.82) is 0 Å². The van der Waals surface area contributed by atoms with Crippen LogP contribution in [0.4, 0.5) is 0 Å². The molecule has 2 aliphatic carbocycles. The van der Waals surface area contributed by atoms with E-state index in [1.54, 1.807) is 14.2 Å². The molecule has 0 aliphatic heterocycles. The lowest BCUT2D eigenvalue weighted by Gasteiger charge is -2.51. The molecular weight excluding hydrogens is 377 g/mol. The lowest BCUT2D eigenvalue weighted by molar-refractivity contribution is 0.0505. The fraction of sp³-hybridized carbons (Fsp3) is 0.667. The first kappa shape index (κ1) is 21.6. The summed E-state index contributed by atoms with van der Waals surface area (Å²) in [6.45, 7) is 9.63. The van der Waals surface area contributed by atoms with E-state index in [9.17, 15) is 10.0 Å². The predicted molar refractivity (Wildman–Crippen MR) is 122 cm³/mol. The number of ether oxygens (including phenoxy) is 2. The molecule has 0 radical (unpaired) electrons. The van der Waals surface area contributed by atoms with Gasteiger partial charge in [-0.05, 0) is 60.0 Å². The average molecular weight is 413 g/mol. The Bertz CT molecular complexity index is 980. The Balaban J connectivity index is 2.16. The molecule has 1 aromatic heterocycles.